The Morgan fingerprint density at radius 2 is 1.96 bits per heavy atom. The summed E-state index contributed by atoms with van der Waals surface area (Å²) in [4.78, 5) is 21.4. The molecule has 0 unspecified atom stereocenters. The van der Waals surface area contributed by atoms with Crippen molar-refractivity contribution in [2.45, 2.75) is 39.9 Å². The van der Waals surface area contributed by atoms with Crippen molar-refractivity contribution >= 4 is 17.1 Å². The summed E-state index contributed by atoms with van der Waals surface area (Å²) >= 11 is 0. The van der Waals surface area contributed by atoms with Crippen LogP contribution in [0.15, 0.2) is 36.4 Å². The lowest BCUT2D eigenvalue weighted by Gasteiger charge is -2.11. The number of benzene rings is 1. The smallest absolute Gasteiger partial charge is 0.237 e. The molecule has 0 aliphatic rings. The Kier molecular flexibility index (Phi) is 6.38. The van der Waals surface area contributed by atoms with E-state index in [-0.39, 0.29) is 5.91 Å². The van der Waals surface area contributed by atoms with Gasteiger partial charge in [-0.2, -0.15) is 0 Å². The van der Waals surface area contributed by atoms with Gasteiger partial charge in [-0.25, -0.2) is 9.97 Å². The first-order chi connectivity index (χ1) is 13.5. The highest BCUT2D eigenvalue weighted by atomic mass is 16.5. The maximum absolute atomic E-state index is 11.9. The van der Waals surface area contributed by atoms with Gasteiger partial charge in [-0.05, 0) is 32.9 Å². The molecule has 7 heteroatoms. The van der Waals surface area contributed by atoms with Crippen molar-refractivity contribution in [3.05, 3.63) is 47.8 Å². The van der Waals surface area contributed by atoms with E-state index < -0.39 is 6.04 Å². The number of nitrogens with two attached hydrogens (primary N) is 1. The highest BCUT2D eigenvalue weighted by molar-refractivity contribution is 5.81. The van der Waals surface area contributed by atoms with E-state index in [2.05, 4.69) is 41.5 Å². The first-order valence-electron chi connectivity index (χ1n) is 9.53. The fourth-order valence-corrected chi connectivity index (χ4v) is 2.93. The van der Waals surface area contributed by atoms with Gasteiger partial charge in [0.15, 0.2) is 5.65 Å². The van der Waals surface area contributed by atoms with Crippen molar-refractivity contribution in [2.24, 2.45) is 5.73 Å². The van der Waals surface area contributed by atoms with Crippen molar-refractivity contribution in [1.29, 1.82) is 0 Å². The van der Waals surface area contributed by atoms with Crippen LogP contribution in [-0.4, -0.2) is 39.7 Å². The molecule has 0 saturated heterocycles. The van der Waals surface area contributed by atoms with E-state index in [1.54, 1.807) is 6.92 Å². The van der Waals surface area contributed by atoms with Gasteiger partial charge in [0.1, 0.15) is 11.3 Å². The summed E-state index contributed by atoms with van der Waals surface area (Å²) in [6, 6.07) is 11.6. The fraction of sp³-hybridized carbons (Fsp3) is 0.381. The Bertz CT molecular complexity index is 947. The highest BCUT2D eigenvalue weighted by Gasteiger charge is 2.15. The molecule has 0 saturated carbocycles. The number of pyridine rings is 1. The van der Waals surface area contributed by atoms with Crippen LogP contribution in [0, 0.1) is 6.92 Å². The summed E-state index contributed by atoms with van der Waals surface area (Å²) in [5.41, 5.74) is 10.3. The average molecular weight is 381 g/mol. The maximum Gasteiger partial charge on any atom is 0.237 e. The minimum atomic E-state index is -0.562. The van der Waals surface area contributed by atoms with Crippen molar-refractivity contribution in [1.82, 2.24) is 19.9 Å². The largest absolute Gasteiger partial charge is 0.380 e. The summed E-state index contributed by atoms with van der Waals surface area (Å²) in [6.07, 6.45) is 0. The van der Waals surface area contributed by atoms with Crippen molar-refractivity contribution in [2.75, 3.05) is 13.2 Å². The molecule has 0 aliphatic carbocycles. The SMILES string of the molecule is CCOCCn1c(CNC(=O)[C@H](C)N)nc2ccc(-c3ccc(C)cc3)nc21. The van der Waals surface area contributed by atoms with E-state index in [0.717, 1.165) is 28.2 Å². The van der Waals surface area contributed by atoms with Crippen molar-refractivity contribution in [3.63, 3.8) is 0 Å². The number of ether oxygens (including phenoxy) is 1. The zero-order valence-electron chi connectivity index (χ0n) is 16.6. The van der Waals surface area contributed by atoms with Gasteiger partial charge in [0, 0.05) is 18.7 Å². The lowest BCUT2D eigenvalue weighted by atomic mass is 10.1. The van der Waals surface area contributed by atoms with Crippen LogP contribution in [0.25, 0.3) is 22.4 Å². The molecule has 3 N–H and O–H groups in total. The number of nitrogens with one attached hydrogen (secondary N) is 1. The molecule has 2 aromatic heterocycles. The van der Waals surface area contributed by atoms with E-state index in [1.165, 1.54) is 5.56 Å². The second kappa shape index (κ2) is 8.95. The molecule has 148 valence electrons. The lowest BCUT2D eigenvalue weighted by Crippen LogP contribution is -2.38. The Hall–Kier alpha value is -2.77. The van der Waals surface area contributed by atoms with E-state index in [1.807, 2.05) is 23.6 Å². The molecule has 0 spiro atoms. The number of imidazole rings is 1. The Balaban J connectivity index is 1.96. The zero-order valence-corrected chi connectivity index (χ0v) is 16.6. The summed E-state index contributed by atoms with van der Waals surface area (Å²) in [5, 5.41) is 2.83. The van der Waals surface area contributed by atoms with E-state index in [9.17, 15) is 4.79 Å². The Labute approximate surface area is 164 Å². The van der Waals surface area contributed by atoms with E-state index >= 15 is 0 Å². The molecule has 0 bridgehead atoms. The van der Waals surface area contributed by atoms with Crippen molar-refractivity contribution < 1.29 is 9.53 Å². The number of carbonyl (C=O) groups is 1. The molecule has 0 fully saturated rings. The van der Waals surface area contributed by atoms with Crippen LogP contribution < -0.4 is 11.1 Å². The summed E-state index contributed by atoms with van der Waals surface area (Å²) in [5.74, 6) is 0.522. The number of aryl methyl sites for hydroxylation is 1. The molecule has 3 aromatic rings. The van der Waals surface area contributed by atoms with Gasteiger partial charge in [-0.3, -0.25) is 4.79 Å². The lowest BCUT2D eigenvalue weighted by molar-refractivity contribution is -0.122. The van der Waals surface area contributed by atoms with Crippen LogP contribution in [0.5, 0.6) is 0 Å². The normalized spacial score (nSPS) is 12.3. The molecule has 1 atom stereocenters. The number of amides is 1. The van der Waals surface area contributed by atoms with E-state index in [4.69, 9.17) is 15.5 Å². The second-order valence-electron chi connectivity index (χ2n) is 6.79. The predicted molar refractivity (Wildman–Crippen MR) is 110 cm³/mol. The first kappa shape index (κ1) is 20.0. The van der Waals surface area contributed by atoms with Crippen LogP contribution in [0.1, 0.15) is 25.2 Å². The van der Waals surface area contributed by atoms with Gasteiger partial charge < -0.3 is 20.4 Å². The third-order valence-electron chi connectivity index (χ3n) is 4.52. The maximum atomic E-state index is 11.9. The molecule has 3 rings (SSSR count). The third-order valence-corrected chi connectivity index (χ3v) is 4.52. The van der Waals surface area contributed by atoms with Gasteiger partial charge in [-0.1, -0.05) is 29.8 Å². The third kappa shape index (κ3) is 4.55. The molecule has 1 aromatic carbocycles. The number of nitrogens with zero attached hydrogens (tertiary/aromatic N) is 3. The fourth-order valence-electron chi connectivity index (χ4n) is 2.93. The minimum Gasteiger partial charge on any atom is -0.380 e. The molecule has 0 radical (unpaired) electrons. The number of hydrogen-bond acceptors (Lipinski definition) is 5. The van der Waals surface area contributed by atoms with E-state index in [0.29, 0.717) is 26.3 Å². The number of aromatic nitrogens is 3. The molecule has 2 heterocycles. The van der Waals surface area contributed by atoms with Crippen molar-refractivity contribution in [3.8, 4) is 11.3 Å². The molecular weight excluding hydrogens is 354 g/mol. The summed E-state index contributed by atoms with van der Waals surface area (Å²) in [7, 11) is 0. The molecule has 7 nitrogen and oxygen atoms in total. The highest BCUT2D eigenvalue weighted by Crippen LogP contribution is 2.22. The number of carbonyl (C=O) groups excluding carboxylic acids is 1. The minimum absolute atomic E-state index is 0.211. The molecular formula is C21H27N5O2. The number of rotatable bonds is 8. The predicted octanol–water partition coefficient (Wildman–Crippen LogP) is 2.41. The molecule has 1 amide bonds. The van der Waals surface area contributed by atoms with Gasteiger partial charge >= 0.3 is 0 Å². The standard InChI is InChI=1S/C21H27N5O2/c1-4-28-12-11-26-19(13-23-21(27)15(3)22)24-18-10-9-17(25-20(18)26)16-7-5-14(2)6-8-16/h5-10,15H,4,11-13,22H2,1-3H3,(H,23,27)/t15-/m0/s1. The Morgan fingerprint density at radius 1 is 1.21 bits per heavy atom. The van der Waals surface area contributed by atoms with Gasteiger partial charge in [-0.15, -0.1) is 0 Å². The number of fused-ring (bicyclic) bond motifs is 1. The van der Waals surface area contributed by atoms with Crippen LogP contribution in [0.3, 0.4) is 0 Å². The monoisotopic (exact) mass is 381 g/mol. The van der Waals surface area contributed by atoms with Gasteiger partial charge in [0.2, 0.25) is 5.91 Å². The van der Waals surface area contributed by atoms with Crippen LogP contribution >= 0.6 is 0 Å². The topological polar surface area (TPSA) is 95.1 Å². The van der Waals surface area contributed by atoms with Crippen LogP contribution in [0.2, 0.25) is 0 Å². The van der Waals surface area contributed by atoms with Gasteiger partial charge in [0.05, 0.1) is 24.9 Å². The van der Waals surface area contributed by atoms with Crippen LogP contribution in [0.4, 0.5) is 0 Å². The van der Waals surface area contributed by atoms with Gasteiger partial charge in [0.25, 0.3) is 0 Å². The zero-order chi connectivity index (χ0) is 20.1. The van der Waals surface area contributed by atoms with Crippen LogP contribution in [-0.2, 0) is 22.6 Å². The number of hydrogen-bond donors (Lipinski definition) is 2. The summed E-state index contributed by atoms with van der Waals surface area (Å²) in [6.45, 7) is 7.77. The Morgan fingerprint density at radius 3 is 2.64 bits per heavy atom. The first-order valence-corrected chi connectivity index (χ1v) is 9.53. The molecule has 0 aliphatic heterocycles. The molecule has 28 heavy (non-hydrogen) atoms. The quantitative estimate of drug-likeness (QED) is 0.584. The average Bonchev–Trinajstić information content (AvgIpc) is 3.03. The second-order valence-corrected chi connectivity index (χ2v) is 6.79. The summed E-state index contributed by atoms with van der Waals surface area (Å²) < 4.78 is 7.52.